The second-order valence-electron chi connectivity index (χ2n) is 4.89. The second kappa shape index (κ2) is 6.78. The van der Waals surface area contributed by atoms with Crippen molar-refractivity contribution in [3.8, 4) is 0 Å². The molecule has 1 unspecified atom stereocenters. The molecule has 0 radical (unpaired) electrons. The predicted molar refractivity (Wildman–Crippen MR) is 77.3 cm³/mol. The highest BCUT2D eigenvalue weighted by Gasteiger charge is 2.34. The van der Waals surface area contributed by atoms with Crippen LogP contribution >= 0.6 is 11.6 Å². The van der Waals surface area contributed by atoms with Gasteiger partial charge in [-0.1, -0.05) is 23.7 Å². The number of hydrogen-bond acceptors (Lipinski definition) is 3. The minimum absolute atomic E-state index is 0.0237. The number of hydrogen-bond donors (Lipinski definition) is 1. The van der Waals surface area contributed by atoms with Crippen LogP contribution in [0, 0.1) is 0 Å². The minimum Gasteiger partial charge on any atom is -0.480 e. The molecule has 0 aliphatic carbocycles. The molecule has 1 fully saturated rings. The van der Waals surface area contributed by atoms with E-state index in [1.165, 1.54) is 9.80 Å². The Hall–Kier alpha value is -1.79. The molecule has 0 saturated carbocycles. The lowest BCUT2D eigenvalue weighted by atomic mass is 10.2. The number of halogens is 1. The van der Waals surface area contributed by atoms with Crippen molar-refractivity contribution in [3.05, 3.63) is 34.9 Å². The number of carboxylic acid groups (broad SMARTS) is 1. The van der Waals surface area contributed by atoms with Crippen LogP contribution in [0.15, 0.2) is 24.3 Å². The van der Waals surface area contributed by atoms with Crippen LogP contribution in [-0.2, 0) is 16.1 Å². The number of carbonyl (C=O) groups is 2. The van der Waals surface area contributed by atoms with Crippen LogP contribution in [0.2, 0.25) is 5.02 Å². The number of morpholine rings is 1. The lowest BCUT2D eigenvalue weighted by Gasteiger charge is -2.35. The fourth-order valence-electron chi connectivity index (χ4n) is 2.19. The van der Waals surface area contributed by atoms with Gasteiger partial charge >= 0.3 is 12.0 Å². The van der Waals surface area contributed by atoms with Crippen LogP contribution in [0.3, 0.4) is 0 Å². The van der Waals surface area contributed by atoms with Crippen molar-refractivity contribution in [2.45, 2.75) is 12.6 Å². The fraction of sp³-hybridized carbons (Fsp3) is 0.429. The number of ether oxygens (including phenoxy) is 1. The van der Waals surface area contributed by atoms with Gasteiger partial charge < -0.3 is 19.6 Å². The maximum absolute atomic E-state index is 12.4. The monoisotopic (exact) mass is 312 g/mol. The third kappa shape index (κ3) is 3.86. The zero-order chi connectivity index (χ0) is 15.4. The molecule has 114 valence electrons. The topological polar surface area (TPSA) is 70.1 Å². The first kappa shape index (κ1) is 15.6. The van der Waals surface area contributed by atoms with E-state index in [0.29, 0.717) is 18.2 Å². The van der Waals surface area contributed by atoms with Crippen LogP contribution in [-0.4, -0.2) is 59.8 Å². The number of benzene rings is 1. The van der Waals surface area contributed by atoms with Gasteiger partial charge in [-0.2, -0.15) is 0 Å². The van der Waals surface area contributed by atoms with E-state index >= 15 is 0 Å². The largest absolute Gasteiger partial charge is 0.480 e. The summed E-state index contributed by atoms with van der Waals surface area (Å²) < 4.78 is 5.13. The van der Waals surface area contributed by atoms with Gasteiger partial charge in [0.2, 0.25) is 0 Å². The maximum Gasteiger partial charge on any atom is 0.328 e. The van der Waals surface area contributed by atoms with Crippen LogP contribution in [0.25, 0.3) is 0 Å². The predicted octanol–water partition coefficient (Wildman–Crippen LogP) is 1.68. The molecule has 0 bridgehead atoms. The quantitative estimate of drug-likeness (QED) is 0.922. The molecule has 1 aliphatic rings. The lowest BCUT2D eigenvalue weighted by molar-refractivity contribution is -0.147. The summed E-state index contributed by atoms with van der Waals surface area (Å²) in [4.78, 5) is 26.4. The zero-order valence-electron chi connectivity index (χ0n) is 11.7. The van der Waals surface area contributed by atoms with E-state index in [4.69, 9.17) is 21.4 Å². The van der Waals surface area contributed by atoms with Crippen LogP contribution in [0.1, 0.15) is 5.56 Å². The van der Waals surface area contributed by atoms with Crippen molar-refractivity contribution in [1.82, 2.24) is 9.80 Å². The number of carbonyl (C=O) groups excluding carboxylic acids is 1. The Kier molecular flexibility index (Phi) is 5.03. The Morgan fingerprint density at radius 1 is 1.43 bits per heavy atom. The van der Waals surface area contributed by atoms with E-state index in [0.717, 1.165) is 5.56 Å². The molecule has 1 heterocycles. The molecule has 0 aromatic heterocycles. The van der Waals surface area contributed by atoms with Gasteiger partial charge in [0.1, 0.15) is 0 Å². The highest BCUT2D eigenvalue weighted by molar-refractivity contribution is 6.30. The summed E-state index contributed by atoms with van der Waals surface area (Å²) in [7, 11) is 1.64. The van der Waals surface area contributed by atoms with Gasteiger partial charge in [0.25, 0.3) is 0 Å². The van der Waals surface area contributed by atoms with E-state index < -0.39 is 12.0 Å². The highest BCUT2D eigenvalue weighted by Crippen LogP contribution is 2.14. The van der Waals surface area contributed by atoms with Gasteiger partial charge in [-0.3, -0.25) is 0 Å². The summed E-state index contributed by atoms with van der Waals surface area (Å²) in [5, 5.41) is 9.78. The third-order valence-corrected chi connectivity index (χ3v) is 3.57. The minimum atomic E-state index is -1.05. The van der Waals surface area contributed by atoms with Crippen LogP contribution in [0.4, 0.5) is 4.79 Å². The Labute approximate surface area is 127 Å². The molecule has 21 heavy (non-hydrogen) atoms. The summed E-state index contributed by atoms with van der Waals surface area (Å²) in [6, 6.07) is 5.92. The first-order valence-corrected chi connectivity index (χ1v) is 6.93. The molecule has 1 N–H and O–H groups in total. The summed E-state index contributed by atoms with van der Waals surface area (Å²) in [6.07, 6.45) is 0. The highest BCUT2D eigenvalue weighted by atomic mass is 35.5. The van der Waals surface area contributed by atoms with Gasteiger partial charge in [0, 0.05) is 25.2 Å². The van der Waals surface area contributed by atoms with Crippen molar-refractivity contribution in [1.29, 1.82) is 0 Å². The SMILES string of the molecule is CN(Cc1ccc(Cl)cc1)C(=O)N1CCOCC1C(=O)O. The van der Waals surface area contributed by atoms with Gasteiger partial charge in [-0.15, -0.1) is 0 Å². The summed E-state index contributed by atoms with van der Waals surface area (Å²) in [5.74, 6) is -1.05. The van der Waals surface area contributed by atoms with Gasteiger partial charge in [-0.05, 0) is 17.7 Å². The van der Waals surface area contributed by atoms with Crippen molar-refractivity contribution >= 4 is 23.6 Å². The zero-order valence-corrected chi connectivity index (χ0v) is 12.4. The summed E-state index contributed by atoms with van der Waals surface area (Å²) in [5.41, 5.74) is 0.926. The number of aliphatic carboxylic acids is 1. The molecule has 0 spiro atoms. The third-order valence-electron chi connectivity index (χ3n) is 3.32. The molecule has 2 amide bonds. The molecule has 6 nitrogen and oxygen atoms in total. The van der Waals surface area contributed by atoms with Crippen LogP contribution < -0.4 is 0 Å². The number of carboxylic acids is 1. The number of urea groups is 1. The molecule has 1 aromatic carbocycles. The fourth-order valence-corrected chi connectivity index (χ4v) is 2.31. The van der Waals surface area contributed by atoms with Gasteiger partial charge in [0.05, 0.1) is 13.2 Å². The van der Waals surface area contributed by atoms with E-state index in [-0.39, 0.29) is 19.2 Å². The van der Waals surface area contributed by atoms with E-state index in [2.05, 4.69) is 0 Å². The maximum atomic E-state index is 12.4. The second-order valence-corrected chi connectivity index (χ2v) is 5.32. The molecule has 1 aromatic rings. The van der Waals surface area contributed by atoms with E-state index in [9.17, 15) is 9.59 Å². The van der Waals surface area contributed by atoms with E-state index in [1.807, 2.05) is 12.1 Å². The molecule has 1 atom stereocenters. The molecular weight excluding hydrogens is 296 g/mol. The standard InChI is InChI=1S/C14H17ClN2O4/c1-16(8-10-2-4-11(15)5-3-10)14(20)17-6-7-21-9-12(17)13(18)19/h2-5,12H,6-9H2,1H3,(H,18,19). The first-order valence-electron chi connectivity index (χ1n) is 6.56. The molecule has 1 saturated heterocycles. The molecule has 1 aliphatic heterocycles. The van der Waals surface area contributed by atoms with Crippen molar-refractivity contribution in [2.75, 3.05) is 26.8 Å². The normalized spacial score (nSPS) is 18.4. The summed E-state index contributed by atoms with van der Waals surface area (Å²) in [6.45, 7) is 1.04. The number of rotatable bonds is 3. The first-order chi connectivity index (χ1) is 9.99. The Morgan fingerprint density at radius 2 is 2.10 bits per heavy atom. The molecule has 7 heteroatoms. The smallest absolute Gasteiger partial charge is 0.328 e. The van der Waals surface area contributed by atoms with Crippen LogP contribution in [0.5, 0.6) is 0 Å². The lowest BCUT2D eigenvalue weighted by Crippen LogP contribution is -2.55. The number of amides is 2. The Morgan fingerprint density at radius 3 is 2.71 bits per heavy atom. The van der Waals surface area contributed by atoms with E-state index in [1.54, 1.807) is 19.2 Å². The average Bonchev–Trinajstić information content (AvgIpc) is 2.48. The Bertz CT molecular complexity index is 520. The van der Waals surface area contributed by atoms with Gasteiger partial charge in [-0.25, -0.2) is 9.59 Å². The van der Waals surface area contributed by atoms with Crippen molar-refractivity contribution in [2.24, 2.45) is 0 Å². The number of nitrogens with zero attached hydrogens (tertiary/aromatic N) is 2. The Balaban J connectivity index is 2.03. The van der Waals surface area contributed by atoms with Crippen molar-refractivity contribution in [3.63, 3.8) is 0 Å². The summed E-state index contributed by atoms with van der Waals surface area (Å²) >= 11 is 5.82. The molecule has 2 rings (SSSR count). The van der Waals surface area contributed by atoms with Crippen molar-refractivity contribution < 1.29 is 19.4 Å². The van der Waals surface area contributed by atoms with Gasteiger partial charge in [0.15, 0.2) is 6.04 Å². The average molecular weight is 313 g/mol. The molecular formula is C14H17ClN2O4.